The lowest BCUT2D eigenvalue weighted by atomic mass is 10.1. The molecule has 0 radical (unpaired) electrons. The molecule has 1 saturated heterocycles. The first kappa shape index (κ1) is 18.6. The molecule has 0 saturated carbocycles. The second kappa shape index (κ2) is 8.51. The molecule has 0 spiro atoms. The topological polar surface area (TPSA) is 22.1 Å². The van der Waals surface area contributed by atoms with Crippen LogP contribution in [0.15, 0.2) is 71.5 Å². The van der Waals surface area contributed by atoms with Gasteiger partial charge >= 0.3 is 0 Å². The van der Waals surface area contributed by atoms with Gasteiger partial charge in [0.05, 0.1) is 11.4 Å². The molecule has 4 heteroatoms. The van der Waals surface area contributed by atoms with Gasteiger partial charge in [-0.3, -0.25) is 4.90 Å². The Hall–Kier alpha value is -2.75. The molecule has 4 nitrogen and oxygen atoms in total. The van der Waals surface area contributed by atoms with Crippen molar-refractivity contribution in [3.63, 3.8) is 0 Å². The van der Waals surface area contributed by atoms with E-state index >= 15 is 0 Å². The number of benzene rings is 2. The number of anilines is 2. The molecule has 1 fully saturated rings. The standard InChI is InChI=1S/C24H30N4/c1-3-26(4-2)23-19-24(27-17-11-6-12-18-27)28(20-13-7-5-8-14-20)22-16-10-9-15-21(22)25-23/h5,7-10,13-16,19H,3-4,6,11-12,17-18H2,1-2H3. The molecule has 2 heterocycles. The van der Waals surface area contributed by atoms with Gasteiger partial charge in [-0.2, -0.15) is 0 Å². The predicted molar refractivity (Wildman–Crippen MR) is 119 cm³/mol. The van der Waals surface area contributed by atoms with Gasteiger partial charge in [0.2, 0.25) is 0 Å². The third-order valence-corrected chi connectivity index (χ3v) is 5.63. The molecule has 0 aliphatic carbocycles. The highest BCUT2D eigenvalue weighted by Gasteiger charge is 2.27. The highest BCUT2D eigenvalue weighted by molar-refractivity contribution is 5.99. The van der Waals surface area contributed by atoms with Gasteiger partial charge in [0.25, 0.3) is 0 Å². The van der Waals surface area contributed by atoms with Gasteiger partial charge in [-0.1, -0.05) is 30.3 Å². The van der Waals surface area contributed by atoms with E-state index in [1.807, 2.05) is 0 Å². The molecular weight excluding hydrogens is 344 g/mol. The lowest BCUT2D eigenvalue weighted by Crippen LogP contribution is -2.38. The van der Waals surface area contributed by atoms with Gasteiger partial charge in [-0.15, -0.1) is 0 Å². The second-order valence-electron chi connectivity index (χ2n) is 7.35. The van der Waals surface area contributed by atoms with Gasteiger partial charge in [0.1, 0.15) is 11.7 Å². The summed E-state index contributed by atoms with van der Waals surface area (Å²) in [6.45, 7) is 8.50. The average Bonchev–Trinajstić information content (AvgIpc) is 2.93. The van der Waals surface area contributed by atoms with Crippen LogP contribution in [0, 0.1) is 0 Å². The first-order valence-electron chi connectivity index (χ1n) is 10.6. The van der Waals surface area contributed by atoms with E-state index in [4.69, 9.17) is 4.99 Å². The van der Waals surface area contributed by atoms with E-state index in [0.29, 0.717) is 0 Å². The van der Waals surface area contributed by atoms with Gasteiger partial charge < -0.3 is 9.80 Å². The zero-order valence-corrected chi connectivity index (χ0v) is 17.0. The van der Waals surface area contributed by atoms with E-state index in [1.165, 1.54) is 30.8 Å². The highest BCUT2D eigenvalue weighted by atomic mass is 15.4. The number of para-hydroxylation sites is 3. The van der Waals surface area contributed by atoms with Crippen molar-refractivity contribution in [2.24, 2.45) is 4.99 Å². The Morgan fingerprint density at radius 1 is 0.857 bits per heavy atom. The van der Waals surface area contributed by atoms with Crippen LogP contribution in [0.3, 0.4) is 0 Å². The summed E-state index contributed by atoms with van der Waals surface area (Å²) < 4.78 is 0. The quantitative estimate of drug-likeness (QED) is 0.702. The van der Waals surface area contributed by atoms with Crippen molar-refractivity contribution in [3.8, 4) is 0 Å². The van der Waals surface area contributed by atoms with Crippen LogP contribution >= 0.6 is 0 Å². The van der Waals surface area contributed by atoms with E-state index in [0.717, 1.165) is 43.4 Å². The molecule has 0 N–H and O–H groups in total. The number of likely N-dealkylation sites (N-methyl/N-ethyl adjacent to an activating group) is 1. The fraction of sp³-hybridized carbons (Fsp3) is 0.375. The lowest BCUT2D eigenvalue weighted by molar-refractivity contribution is 0.282. The third-order valence-electron chi connectivity index (χ3n) is 5.63. The van der Waals surface area contributed by atoms with E-state index in [9.17, 15) is 0 Å². The SMILES string of the molecule is CCN(CC)C1=Nc2ccccc2N(c2ccccc2)C(N2CCCCC2)=C1. The summed E-state index contributed by atoms with van der Waals surface area (Å²) in [5, 5.41) is 0. The highest BCUT2D eigenvalue weighted by Crippen LogP contribution is 2.40. The lowest BCUT2D eigenvalue weighted by Gasteiger charge is -2.38. The molecule has 0 aromatic heterocycles. The normalized spacial score (nSPS) is 16.8. The average molecular weight is 375 g/mol. The fourth-order valence-corrected chi connectivity index (χ4v) is 4.12. The summed E-state index contributed by atoms with van der Waals surface area (Å²) in [5.74, 6) is 2.29. The first-order chi connectivity index (χ1) is 13.8. The van der Waals surface area contributed by atoms with Crippen molar-refractivity contribution in [2.45, 2.75) is 33.1 Å². The maximum Gasteiger partial charge on any atom is 0.132 e. The van der Waals surface area contributed by atoms with Crippen molar-refractivity contribution in [2.75, 3.05) is 31.1 Å². The molecule has 2 aromatic rings. The number of rotatable bonds is 4. The minimum Gasteiger partial charge on any atom is -0.358 e. The molecule has 0 atom stereocenters. The predicted octanol–water partition coefficient (Wildman–Crippen LogP) is 5.54. The molecule has 0 amide bonds. The Bertz CT molecular complexity index is 846. The van der Waals surface area contributed by atoms with E-state index in [1.54, 1.807) is 0 Å². The molecule has 2 aromatic carbocycles. The van der Waals surface area contributed by atoms with E-state index in [2.05, 4.69) is 89.2 Å². The summed E-state index contributed by atoms with van der Waals surface area (Å²) in [4.78, 5) is 12.4. The van der Waals surface area contributed by atoms with Crippen LogP contribution in [0.4, 0.5) is 17.1 Å². The summed E-state index contributed by atoms with van der Waals surface area (Å²) in [6, 6.07) is 19.2. The maximum absolute atomic E-state index is 5.10. The monoisotopic (exact) mass is 374 g/mol. The van der Waals surface area contributed by atoms with Crippen molar-refractivity contribution < 1.29 is 0 Å². The summed E-state index contributed by atoms with van der Waals surface area (Å²) in [6.07, 6.45) is 6.12. The zero-order chi connectivity index (χ0) is 19.3. The van der Waals surface area contributed by atoms with Gasteiger partial charge in [-0.25, -0.2) is 4.99 Å². The van der Waals surface area contributed by atoms with Crippen molar-refractivity contribution in [3.05, 3.63) is 66.5 Å². The van der Waals surface area contributed by atoms with Crippen LogP contribution in [0.25, 0.3) is 0 Å². The second-order valence-corrected chi connectivity index (χ2v) is 7.35. The zero-order valence-electron chi connectivity index (χ0n) is 17.0. The number of nitrogens with zero attached hydrogens (tertiary/aromatic N) is 4. The molecule has 146 valence electrons. The van der Waals surface area contributed by atoms with Crippen molar-refractivity contribution >= 4 is 22.9 Å². The van der Waals surface area contributed by atoms with Crippen LogP contribution in [0.1, 0.15) is 33.1 Å². The number of piperidine rings is 1. The minimum atomic E-state index is 0.951. The van der Waals surface area contributed by atoms with Crippen LogP contribution in [0.5, 0.6) is 0 Å². The molecule has 2 aliphatic heterocycles. The number of aliphatic imine (C=N–C) groups is 1. The van der Waals surface area contributed by atoms with Crippen LogP contribution in [-0.4, -0.2) is 41.8 Å². The Kier molecular flexibility index (Phi) is 5.65. The molecule has 4 rings (SSSR count). The first-order valence-corrected chi connectivity index (χ1v) is 10.6. The number of hydrogen-bond acceptors (Lipinski definition) is 4. The number of fused-ring (bicyclic) bond motifs is 1. The Morgan fingerprint density at radius 2 is 1.54 bits per heavy atom. The Labute approximate surface area is 168 Å². The molecule has 2 aliphatic rings. The summed E-state index contributed by atoms with van der Waals surface area (Å²) in [7, 11) is 0. The van der Waals surface area contributed by atoms with Gasteiger partial charge in [0.15, 0.2) is 0 Å². The minimum absolute atomic E-state index is 0.951. The van der Waals surface area contributed by atoms with Crippen LogP contribution in [-0.2, 0) is 0 Å². The largest absolute Gasteiger partial charge is 0.358 e. The summed E-state index contributed by atoms with van der Waals surface area (Å²) in [5.41, 5.74) is 3.35. The van der Waals surface area contributed by atoms with Gasteiger partial charge in [0, 0.05) is 37.9 Å². The Balaban J connectivity index is 1.90. The van der Waals surface area contributed by atoms with Crippen LogP contribution < -0.4 is 4.90 Å². The summed E-state index contributed by atoms with van der Waals surface area (Å²) >= 11 is 0. The number of amidine groups is 1. The smallest absolute Gasteiger partial charge is 0.132 e. The van der Waals surface area contributed by atoms with Crippen molar-refractivity contribution in [1.29, 1.82) is 0 Å². The Morgan fingerprint density at radius 3 is 2.25 bits per heavy atom. The van der Waals surface area contributed by atoms with Crippen LogP contribution in [0.2, 0.25) is 0 Å². The molecule has 0 unspecified atom stereocenters. The third kappa shape index (κ3) is 3.64. The number of hydrogen-bond donors (Lipinski definition) is 0. The maximum atomic E-state index is 5.10. The molecule has 28 heavy (non-hydrogen) atoms. The molecule has 0 bridgehead atoms. The number of likely N-dealkylation sites (tertiary alicyclic amines) is 1. The fourth-order valence-electron chi connectivity index (χ4n) is 4.12. The molecular formula is C24H30N4. The van der Waals surface area contributed by atoms with E-state index < -0.39 is 0 Å². The van der Waals surface area contributed by atoms with Gasteiger partial charge in [-0.05, 0) is 57.4 Å². The van der Waals surface area contributed by atoms with E-state index in [-0.39, 0.29) is 0 Å². The van der Waals surface area contributed by atoms with Crippen molar-refractivity contribution in [1.82, 2.24) is 9.80 Å².